The molecule has 2 N–H and O–H groups in total. The zero-order valence-electron chi connectivity index (χ0n) is 16.6. The summed E-state index contributed by atoms with van der Waals surface area (Å²) in [6.07, 6.45) is 0.405. The summed E-state index contributed by atoms with van der Waals surface area (Å²) < 4.78 is 0. The summed E-state index contributed by atoms with van der Waals surface area (Å²) in [4.78, 5) is 25.8. The lowest BCUT2D eigenvalue weighted by molar-refractivity contribution is -0.117. The molecule has 0 aromatic heterocycles. The van der Waals surface area contributed by atoms with Crippen LogP contribution in [-0.2, 0) is 17.8 Å². The molecular weight excluding hydrogens is 374 g/mol. The van der Waals surface area contributed by atoms with Gasteiger partial charge in [0, 0.05) is 36.1 Å². The monoisotopic (exact) mass is 395 g/mol. The summed E-state index contributed by atoms with van der Waals surface area (Å²) in [5.41, 5.74) is 5.32. The maximum Gasteiger partial charge on any atom is 0.319 e. The van der Waals surface area contributed by atoms with E-state index in [4.69, 9.17) is 0 Å². The van der Waals surface area contributed by atoms with Gasteiger partial charge in [-0.3, -0.25) is 4.79 Å². The Morgan fingerprint density at radius 3 is 2.57 bits per heavy atom. The zero-order chi connectivity index (χ0) is 20.9. The highest BCUT2D eigenvalue weighted by Gasteiger charge is 2.23. The Balaban J connectivity index is 1.35. The van der Waals surface area contributed by atoms with Gasteiger partial charge in [0.05, 0.1) is 6.42 Å². The Bertz CT molecular complexity index is 1160. The van der Waals surface area contributed by atoms with E-state index in [9.17, 15) is 9.59 Å². The van der Waals surface area contributed by atoms with Crippen LogP contribution in [0, 0.1) is 11.8 Å². The molecule has 1 aliphatic rings. The highest BCUT2D eigenvalue weighted by atomic mass is 16.2. The van der Waals surface area contributed by atoms with E-state index in [-0.39, 0.29) is 11.9 Å². The van der Waals surface area contributed by atoms with Gasteiger partial charge in [-0.15, -0.1) is 0 Å². The molecule has 0 fully saturated rings. The number of hydrogen-bond donors (Lipinski definition) is 2. The Morgan fingerprint density at radius 1 is 0.967 bits per heavy atom. The second kappa shape index (κ2) is 8.54. The van der Waals surface area contributed by atoms with Crippen LogP contribution in [0.4, 0.5) is 16.2 Å². The van der Waals surface area contributed by atoms with Crippen molar-refractivity contribution in [3.8, 4) is 11.8 Å². The molecule has 0 bridgehead atoms. The van der Waals surface area contributed by atoms with E-state index in [1.54, 1.807) is 11.9 Å². The molecule has 5 heteroatoms. The van der Waals surface area contributed by atoms with E-state index in [0.29, 0.717) is 18.7 Å². The van der Waals surface area contributed by atoms with Crippen molar-refractivity contribution in [2.75, 3.05) is 17.3 Å². The van der Waals surface area contributed by atoms with Crippen molar-refractivity contribution in [1.82, 2.24) is 5.32 Å². The van der Waals surface area contributed by atoms with Crippen LogP contribution in [0.25, 0.3) is 0 Å². The number of urea groups is 1. The lowest BCUT2D eigenvalue weighted by atomic mass is 10.1. The molecule has 0 atom stereocenters. The van der Waals surface area contributed by atoms with Crippen LogP contribution in [0.15, 0.2) is 72.8 Å². The number of nitrogens with zero attached hydrogens (tertiary/aromatic N) is 1. The topological polar surface area (TPSA) is 61.4 Å². The van der Waals surface area contributed by atoms with E-state index in [1.807, 2.05) is 72.8 Å². The van der Waals surface area contributed by atoms with Gasteiger partial charge in [-0.25, -0.2) is 4.79 Å². The molecule has 0 unspecified atom stereocenters. The number of rotatable bonds is 3. The second-order valence-corrected chi connectivity index (χ2v) is 7.10. The molecule has 1 aliphatic heterocycles. The van der Waals surface area contributed by atoms with Crippen LogP contribution in [0.2, 0.25) is 0 Å². The molecule has 3 aromatic rings. The zero-order valence-corrected chi connectivity index (χ0v) is 16.6. The van der Waals surface area contributed by atoms with Gasteiger partial charge < -0.3 is 15.5 Å². The average molecular weight is 395 g/mol. The highest BCUT2D eigenvalue weighted by Crippen LogP contribution is 2.28. The van der Waals surface area contributed by atoms with Crippen LogP contribution in [0.5, 0.6) is 0 Å². The number of amides is 3. The first-order chi connectivity index (χ1) is 14.6. The van der Waals surface area contributed by atoms with E-state index in [2.05, 4.69) is 22.5 Å². The third-order valence-corrected chi connectivity index (χ3v) is 4.92. The lowest BCUT2D eigenvalue weighted by Crippen LogP contribution is -2.28. The van der Waals surface area contributed by atoms with Gasteiger partial charge in [-0.1, -0.05) is 48.2 Å². The molecule has 5 nitrogen and oxygen atoms in total. The first kappa shape index (κ1) is 19.3. The van der Waals surface area contributed by atoms with Crippen LogP contribution in [0.1, 0.15) is 22.3 Å². The second-order valence-electron chi connectivity index (χ2n) is 7.10. The van der Waals surface area contributed by atoms with Crippen molar-refractivity contribution in [2.24, 2.45) is 0 Å². The molecule has 3 amide bonds. The van der Waals surface area contributed by atoms with Gasteiger partial charge in [-0.05, 0) is 47.5 Å². The number of likely N-dealkylation sites (N-methyl/N-ethyl adjacent to an activating group) is 1. The van der Waals surface area contributed by atoms with Crippen LogP contribution in [0.3, 0.4) is 0 Å². The van der Waals surface area contributed by atoms with Gasteiger partial charge in [0.1, 0.15) is 0 Å². The fourth-order valence-corrected chi connectivity index (χ4v) is 3.33. The van der Waals surface area contributed by atoms with E-state index in [1.165, 1.54) is 0 Å². The number of anilines is 2. The minimum atomic E-state index is -0.295. The van der Waals surface area contributed by atoms with Gasteiger partial charge >= 0.3 is 6.03 Å². The molecule has 3 aromatic carbocycles. The Labute approximate surface area is 175 Å². The summed E-state index contributed by atoms with van der Waals surface area (Å²) in [6.45, 7) is 0.379. The van der Waals surface area contributed by atoms with Crippen LogP contribution < -0.4 is 15.5 Å². The summed E-state index contributed by atoms with van der Waals surface area (Å²) in [6, 6.07) is 22.7. The molecule has 148 valence electrons. The molecule has 0 aliphatic carbocycles. The third-order valence-electron chi connectivity index (χ3n) is 4.92. The van der Waals surface area contributed by atoms with Crippen molar-refractivity contribution in [3.05, 3.63) is 95.1 Å². The summed E-state index contributed by atoms with van der Waals surface area (Å²) in [5, 5.41) is 5.69. The van der Waals surface area contributed by atoms with Gasteiger partial charge in [0.15, 0.2) is 0 Å². The molecule has 0 saturated carbocycles. The minimum absolute atomic E-state index is 0.0862. The van der Waals surface area contributed by atoms with Gasteiger partial charge in [0.25, 0.3) is 0 Å². The molecular formula is C25H21N3O2. The largest absolute Gasteiger partial charge is 0.334 e. The maximum absolute atomic E-state index is 12.3. The Morgan fingerprint density at radius 2 is 1.73 bits per heavy atom. The van der Waals surface area contributed by atoms with Gasteiger partial charge in [-0.2, -0.15) is 0 Å². The highest BCUT2D eigenvalue weighted by molar-refractivity contribution is 6.01. The van der Waals surface area contributed by atoms with Crippen molar-refractivity contribution >= 4 is 23.3 Å². The summed E-state index contributed by atoms with van der Waals surface area (Å²) in [5.74, 6) is 6.31. The van der Waals surface area contributed by atoms with E-state index >= 15 is 0 Å². The Kier molecular flexibility index (Phi) is 5.49. The van der Waals surface area contributed by atoms with Crippen molar-refractivity contribution in [3.63, 3.8) is 0 Å². The predicted octanol–water partition coefficient (Wildman–Crippen LogP) is 3.93. The van der Waals surface area contributed by atoms with Crippen LogP contribution in [-0.4, -0.2) is 19.0 Å². The number of benzene rings is 3. The number of nitrogens with one attached hydrogen (secondary N) is 2. The molecule has 1 heterocycles. The number of carbonyl (C=O) groups excluding carboxylic acids is 2. The maximum atomic E-state index is 12.3. The average Bonchev–Trinajstić information content (AvgIpc) is 3.05. The van der Waals surface area contributed by atoms with Crippen molar-refractivity contribution in [1.29, 1.82) is 0 Å². The fraction of sp³-hybridized carbons (Fsp3) is 0.120. The number of hydrogen-bond acceptors (Lipinski definition) is 2. The minimum Gasteiger partial charge on any atom is -0.334 e. The molecule has 30 heavy (non-hydrogen) atoms. The SMILES string of the molecule is CN1C(=O)Cc2cc(CNC(=O)Nc3cccc(C#Cc4ccccc4)c3)ccc21. The standard InChI is InChI=1S/C25H21N3O2/c1-28-23-13-12-20(14-21(23)16-24(28)29)17-26-25(30)27-22-9-5-8-19(15-22)11-10-18-6-3-2-4-7-18/h2-9,12-15H,16-17H2,1H3,(H2,26,27,30). The first-order valence-electron chi connectivity index (χ1n) is 9.69. The smallest absolute Gasteiger partial charge is 0.319 e. The van der Waals surface area contributed by atoms with Gasteiger partial charge in [0.2, 0.25) is 5.91 Å². The van der Waals surface area contributed by atoms with Crippen LogP contribution >= 0.6 is 0 Å². The van der Waals surface area contributed by atoms with Crippen molar-refractivity contribution in [2.45, 2.75) is 13.0 Å². The fourth-order valence-electron chi connectivity index (χ4n) is 3.33. The Hall–Kier alpha value is -4.04. The normalized spacial score (nSPS) is 12.0. The summed E-state index contributed by atoms with van der Waals surface area (Å²) in [7, 11) is 1.78. The van der Waals surface area contributed by atoms with E-state index in [0.717, 1.165) is 27.9 Å². The quantitative estimate of drug-likeness (QED) is 0.660. The lowest BCUT2D eigenvalue weighted by Gasteiger charge is -2.11. The first-order valence-corrected chi connectivity index (χ1v) is 9.69. The molecule has 0 saturated heterocycles. The number of carbonyl (C=O) groups is 2. The summed E-state index contributed by atoms with van der Waals surface area (Å²) >= 11 is 0. The van der Waals surface area contributed by atoms with Crippen molar-refractivity contribution < 1.29 is 9.59 Å². The predicted molar refractivity (Wildman–Crippen MR) is 118 cm³/mol. The van der Waals surface area contributed by atoms with E-state index < -0.39 is 0 Å². The molecule has 0 radical (unpaired) electrons. The third kappa shape index (κ3) is 4.50. The number of fused-ring (bicyclic) bond motifs is 1. The molecule has 4 rings (SSSR count). The molecule has 0 spiro atoms.